The van der Waals surface area contributed by atoms with Gasteiger partial charge >= 0.3 is 5.97 Å². The molecule has 0 fully saturated rings. The van der Waals surface area contributed by atoms with E-state index < -0.39 is 12.0 Å². The zero-order chi connectivity index (χ0) is 27.6. The highest BCUT2D eigenvalue weighted by Crippen LogP contribution is 2.34. The van der Waals surface area contributed by atoms with E-state index in [1.807, 2.05) is 50.2 Å². The number of allylic oxidation sites excluding steroid dienone is 1. The molecule has 0 aliphatic carbocycles. The van der Waals surface area contributed by atoms with Crippen molar-refractivity contribution in [2.45, 2.75) is 46.8 Å². The first-order valence-corrected chi connectivity index (χ1v) is 14.6. The summed E-state index contributed by atoms with van der Waals surface area (Å²) in [4.78, 5) is 32.4. The molecule has 0 saturated carbocycles. The quantitative estimate of drug-likeness (QED) is 0.297. The minimum Gasteiger partial charge on any atom is -0.494 e. The molecule has 0 spiro atoms. The smallest absolute Gasteiger partial charge is 0.338 e. The van der Waals surface area contributed by atoms with E-state index in [9.17, 15) is 9.59 Å². The standard InChI is InChI=1S/C28H28Br2N2O5S/c1-6-35-20-10-8-17(9-11-20)24-23(27(34)37-15(3)4)16(5)31-28-32(24)26(33)22(38-28)13-18-12-19(29)14-21(30)25(18)36-7-2/h8-15,24H,6-7H2,1-5H3/b22-13+/t24-/m0/s1. The number of halogens is 2. The predicted octanol–water partition coefficient (Wildman–Crippen LogP) is 5.51. The Morgan fingerprint density at radius 2 is 1.82 bits per heavy atom. The maximum Gasteiger partial charge on any atom is 0.338 e. The van der Waals surface area contributed by atoms with Gasteiger partial charge in [-0.15, -0.1) is 0 Å². The summed E-state index contributed by atoms with van der Waals surface area (Å²) < 4.78 is 20.7. The third kappa shape index (κ3) is 5.82. The van der Waals surface area contributed by atoms with Crippen LogP contribution in [0.25, 0.3) is 6.08 Å². The zero-order valence-corrected chi connectivity index (χ0v) is 25.7. The van der Waals surface area contributed by atoms with Crippen LogP contribution in [0.5, 0.6) is 11.5 Å². The minimum atomic E-state index is -0.698. The number of carbonyl (C=O) groups excluding carboxylic acids is 1. The third-order valence-electron chi connectivity index (χ3n) is 5.70. The summed E-state index contributed by atoms with van der Waals surface area (Å²) in [6.07, 6.45) is 1.48. The number of hydrogen-bond donors (Lipinski definition) is 0. The number of carbonyl (C=O) groups is 1. The minimum absolute atomic E-state index is 0.256. The number of thiazole rings is 1. The average molecular weight is 664 g/mol. The molecule has 2 heterocycles. The Kier molecular flexibility index (Phi) is 8.95. The zero-order valence-electron chi connectivity index (χ0n) is 21.7. The molecule has 1 aliphatic heterocycles. The molecule has 0 amide bonds. The topological polar surface area (TPSA) is 79.1 Å². The lowest BCUT2D eigenvalue weighted by atomic mass is 9.96. The van der Waals surface area contributed by atoms with Gasteiger partial charge in [-0.05, 0) is 86.5 Å². The maximum absolute atomic E-state index is 13.9. The van der Waals surface area contributed by atoms with Gasteiger partial charge in [-0.2, -0.15) is 0 Å². The number of rotatable bonds is 8. The molecule has 7 nitrogen and oxygen atoms in total. The van der Waals surface area contributed by atoms with E-state index in [0.717, 1.165) is 20.1 Å². The summed E-state index contributed by atoms with van der Waals surface area (Å²) in [5.74, 6) is 0.852. The number of fused-ring (bicyclic) bond motifs is 1. The lowest BCUT2D eigenvalue weighted by Crippen LogP contribution is -2.40. The van der Waals surface area contributed by atoms with Gasteiger partial charge in [0.15, 0.2) is 4.80 Å². The first-order chi connectivity index (χ1) is 18.1. The molecule has 0 unspecified atom stereocenters. The van der Waals surface area contributed by atoms with Crippen molar-refractivity contribution in [2.75, 3.05) is 13.2 Å². The second kappa shape index (κ2) is 12.0. The van der Waals surface area contributed by atoms with Crippen molar-refractivity contribution in [1.82, 2.24) is 4.57 Å². The van der Waals surface area contributed by atoms with Crippen LogP contribution in [0.15, 0.2) is 66.4 Å². The summed E-state index contributed by atoms with van der Waals surface area (Å²) >= 11 is 8.34. The lowest BCUT2D eigenvalue weighted by molar-refractivity contribution is -0.143. The highest BCUT2D eigenvalue weighted by Gasteiger charge is 2.33. The van der Waals surface area contributed by atoms with E-state index in [2.05, 4.69) is 36.9 Å². The van der Waals surface area contributed by atoms with Gasteiger partial charge in [-0.1, -0.05) is 39.4 Å². The first-order valence-electron chi connectivity index (χ1n) is 12.2. The predicted molar refractivity (Wildman–Crippen MR) is 156 cm³/mol. The van der Waals surface area contributed by atoms with Crippen molar-refractivity contribution in [1.29, 1.82) is 0 Å². The Bertz CT molecular complexity index is 1570. The van der Waals surface area contributed by atoms with Crippen molar-refractivity contribution in [2.24, 2.45) is 4.99 Å². The Hall–Kier alpha value is -2.69. The van der Waals surface area contributed by atoms with Crippen LogP contribution in [-0.2, 0) is 9.53 Å². The van der Waals surface area contributed by atoms with Crippen LogP contribution in [0.3, 0.4) is 0 Å². The molecule has 1 aliphatic rings. The van der Waals surface area contributed by atoms with Crippen molar-refractivity contribution < 1.29 is 19.0 Å². The molecular weight excluding hydrogens is 636 g/mol. The normalized spacial score (nSPS) is 15.4. The first kappa shape index (κ1) is 28.3. The van der Waals surface area contributed by atoms with Gasteiger partial charge in [-0.25, -0.2) is 9.79 Å². The third-order valence-corrected chi connectivity index (χ3v) is 7.73. The molecule has 1 atom stereocenters. The highest BCUT2D eigenvalue weighted by molar-refractivity contribution is 9.11. The number of hydrogen-bond acceptors (Lipinski definition) is 7. The molecular formula is C28H28Br2N2O5S. The van der Waals surface area contributed by atoms with Crippen LogP contribution in [0.1, 0.15) is 51.8 Å². The highest BCUT2D eigenvalue weighted by atomic mass is 79.9. The van der Waals surface area contributed by atoms with Gasteiger partial charge in [-0.3, -0.25) is 9.36 Å². The average Bonchev–Trinajstić information content (AvgIpc) is 3.15. The largest absolute Gasteiger partial charge is 0.494 e. The number of esters is 1. The molecule has 0 N–H and O–H groups in total. The van der Waals surface area contributed by atoms with Crippen molar-refractivity contribution in [3.63, 3.8) is 0 Å². The van der Waals surface area contributed by atoms with E-state index in [0.29, 0.717) is 45.3 Å². The SMILES string of the molecule is CCOc1ccc([C@H]2C(C(=O)OC(C)C)=C(C)N=c3s/c(=C/c4cc(Br)cc(Br)c4OCC)c(=O)n32)cc1. The molecule has 10 heteroatoms. The summed E-state index contributed by atoms with van der Waals surface area (Å²) in [5, 5.41) is 0. The Balaban J connectivity index is 1.94. The molecule has 4 rings (SSSR count). The molecule has 200 valence electrons. The van der Waals surface area contributed by atoms with Crippen molar-refractivity contribution in [3.8, 4) is 11.5 Å². The fourth-order valence-corrected chi connectivity index (χ4v) is 6.62. The van der Waals surface area contributed by atoms with E-state index in [4.69, 9.17) is 14.2 Å². The van der Waals surface area contributed by atoms with E-state index in [1.54, 1.807) is 31.4 Å². The Morgan fingerprint density at radius 3 is 2.45 bits per heavy atom. The lowest BCUT2D eigenvalue weighted by Gasteiger charge is -2.25. The molecule has 1 aromatic heterocycles. The van der Waals surface area contributed by atoms with E-state index in [1.165, 1.54) is 11.3 Å². The summed E-state index contributed by atoms with van der Waals surface area (Å²) in [6, 6.07) is 10.5. The van der Waals surface area contributed by atoms with E-state index >= 15 is 0 Å². The molecule has 0 bridgehead atoms. The Labute approximate surface area is 241 Å². The van der Waals surface area contributed by atoms with Crippen LogP contribution in [-0.4, -0.2) is 29.9 Å². The Morgan fingerprint density at radius 1 is 1.13 bits per heavy atom. The van der Waals surface area contributed by atoms with Crippen LogP contribution >= 0.6 is 43.2 Å². The number of ether oxygens (including phenoxy) is 3. The molecule has 2 aromatic carbocycles. The van der Waals surface area contributed by atoms with E-state index in [-0.39, 0.29) is 11.7 Å². The molecule has 3 aromatic rings. The maximum atomic E-state index is 13.9. The summed E-state index contributed by atoms with van der Waals surface area (Å²) in [5.41, 5.74) is 2.09. The van der Waals surface area contributed by atoms with Gasteiger partial charge < -0.3 is 14.2 Å². The van der Waals surface area contributed by atoms with Gasteiger partial charge in [0.2, 0.25) is 0 Å². The van der Waals surface area contributed by atoms with Gasteiger partial charge in [0, 0.05) is 10.0 Å². The molecule has 0 saturated heterocycles. The second-order valence-corrected chi connectivity index (χ2v) is 11.6. The fraction of sp³-hybridized carbons (Fsp3) is 0.321. The van der Waals surface area contributed by atoms with Gasteiger partial charge in [0.1, 0.15) is 11.5 Å². The fourth-order valence-electron chi connectivity index (χ4n) is 4.21. The molecule has 0 radical (unpaired) electrons. The van der Waals surface area contributed by atoms with Crippen LogP contribution in [0.2, 0.25) is 0 Å². The number of benzene rings is 2. The van der Waals surface area contributed by atoms with Gasteiger partial charge in [0.05, 0.1) is 45.6 Å². The summed E-state index contributed by atoms with van der Waals surface area (Å²) in [7, 11) is 0. The van der Waals surface area contributed by atoms with Crippen molar-refractivity contribution in [3.05, 3.63) is 87.4 Å². The second-order valence-electron chi connectivity index (χ2n) is 8.78. The number of nitrogens with zero attached hydrogens (tertiary/aromatic N) is 2. The van der Waals surface area contributed by atoms with Crippen molar-refractivity contribution >= 4 is 55.2 Å². The van der Waals surface area contributed by atoms with Crippen LogP contribution in [0, 0.1) is 0 Å². The van der Waals surface area contributed by atoms with Crippen LogP contribution in [0.4, 0.5) is 0 Å². The summed E-state index contributed by atoms with van der Waals surface area (Å²) in [6.45, 7) is 10.2. The molecule has 38 heavy (non-hydrogen) atoms. The number of aromatic nitrogens is 1. The monoisotopic (exact) mass is 662 g/mol. The van der Waals surface area contributed by atoms with Crippen LogP contribution < -0.4 is 24.4 Å². The van der Waals surface area contributed by atoms with Gasteiger partial charge in [0.25, 0.3) is 5.56 Å².